The summed E-state index contributed by atoms with van der Waals surface area (Å²) in [5.74, 6) is 0. The zero-order valence-electron chi connectivity index (χ0n) is 8.82. The molecular weight excluding hydrogens is 172 g/mol. The van der Waals surface area contributed by atoms with Gasteiger partial charge in [0, 0.05) is 19.5 Å². The predicted octanol–water partition coefficient (Wildman–Crippen LogP) is 2.78. The van der Waals surface area contributed by atoms with Crippen molar-refractivity contribution in [1.82, 2.24) is 4.57 Å². The first-order chi connectivity index (χ1) is 6.86. The summed E-state index contributed by atoms with van der Waals surface area (Å²) < 4.78 is 2.10. The van der Waals surface area contributed by atoms with E-state index in [0.29, 0.717) is 6.04 Å². The number of aryl methyl sites for hydroxylation is 1. The summed E-state index contributed by atoms with van der Waals surface area (Å²) in [5, 5.41) is 0. The lowest BCUT2D eigenvalue weighted by molar-refractivity contribution is 0.444. The molecule has 1 aliphatic rings. The van der Waals surface area contributed by atoms with Gasteiger partial charge in [-0.05, 0) is 25.0 Å². The smallest absolute Gasteiger partial charge is 0.0585 e. The molecule has 0 aliphatic heterocycles. The highest BCUT2D eigenvalue weighted by Gasteiger charge is 2.10. The molecule has 0 atom stereocenters. The van der Waals surface area contributed by atoms with Gasteiger partial charge in [-0.15, -0.1) is 0 Å². The van der Waals surface area contributed by atoms with E-state index < -0.39 is 0 Å². The maximum atomic E-state index is 4.64. The molecule has 1 heterocycles. The van der Waals surface area contributed by atoms with Crippen molar-refractivity contribution in [3.8, 4) is 0 Å². The Morgan fingerprint density at radius 1 is 1.36 bits per heavy atom. The van der Waals surface area contributed by atoms with E-state index in [2.05, 4.69) is 34.9 Å². The highest BCUT2D eigenvalue weighted by Crippen LogP contribution is 2.20. The molecule has 1 fully saturated rings. The van der Waals surface area contributed by atoms with Crippen molar-refractivity contribution in [2.45, 2.75) is 38.1 Å². The molecule has 14 heavy (non-hydrogen) atoms. The third kappa shape index (κ3) is 2.25. The summed E-state index contributed by atoms with van der Waals surface area (Å²) >= 11 is 0. The van der Waals surface area contributed by atoms with Crippen LogP contribution >= 0.6 is 0 Å². The summed E-state index contributed by atoms with van der Waals surface area (Å²) in [6.45, 7) is 0. The summed E-state index contributed by atoms with van der Waals surface area (Å²) in [7, 11) is 2.06. The van der Waals surface area contributed by atoms with Gasteiger partial charge in [0.1, 0.15) is 0 Å². The Labute approximate surface area is 85.7 Å². The van der Waals surface area contributed by atoms with Gasteiger partial charge in [0.2, 0.25) is 0 Å². The number of hydrogen-bond donors (Lipinski definition) is 0. The van der Waals surface area contributed by atoms with Gasteiger partial charge in [-0.25, -0.2) is 0 Å². The third-order valence-electron chi connectivity index (χ3n) is 2.98. The predicted molar refractivity (Wildman–Crippen MR) is 59.9 cm³/mol. The second-order valence-electron chi connectivity index (χ2n) is 4.11. The van der Waals surface area contributed by atoms with Crippen molar-refractivity contribution in [2.24, 2.45) is 12.0 Å². The Bertz CT molecular complexity index is 306. The number of rotatable bonds is 2. The van der Waals surface area contributed by atoms with Crippen LogP contribution in [0.2, 0.25) is 0 Å². The van der Waals surface area contributed by atoms with Crippen molar-refractivity contribution < 1.29 is 0 Å². The van der Waals surface area contributed by atoms with Gasteiger partial charge in [0.15, 0.2) is 0 Å². The molecule has 0 amide bonds. The summed E-state index contributed by atoms with van der Waals surface area (Å²) in [5.41, 5.74) is 1.20. The van der Waals surface area contributed by atoms with E-state index in [0.717, 1.165) is 0 Å². The summed E-state index contributed by atoms with van der Waals surface area (Å²) in [6.07, 6.45) is 10.8. The monoisotopic (exact) mass is 190 g/mol. The average Bonchev–Trinajstić information content (AvgIpc) is 2.63. The molecule has 1 aromatic rings. The molecule has 0 N–H and O–H groups in total. The Balaban J connectivity index is 1.95. The van der Waals surface area contributed by atoms with Crippen molar-refractivity contribution in [3.05, 3.63) is 24.0 Å². The average molecular weight is 190 g/mol. The second kappa shape index (κ2) is 4.45. The van der Waals surface area contributed by atoms with Crippen molar-refractivity contribution >= 4 is 6.21 Å². The Morgan fingerprint density at radius 2 is 2.14 bits per heavy atom. The second-order valence-corrected chi connectivity index (χ2v) is 4.11. The Hall–Kier alpha value is -1.05. The van der Waals surface area contributed by atoms with Gasteiger partial charge < -0.3 is 4.57 Å². The molecule has 1 saturated carbocycles. The maximum absolute atomic E-state index is 4.64. The SMILES string of the molecule is Cn1cccc1C=NC1CCCCC1. The van der Waals surface area contributed by atoms with Crippen molar-refractivity contribution in [1.29, 1.82) is 0 Å². The van der Waals surface area contributed by atoms with Crippen LogP contribution < -0.4 is 0 Å². The van der Waals surface area contributed by atoms with Crippen LogP contribution in [-0.4, -0.2) is 16.8 Å². The number of aromatic nitrogens is 1. The highest BCUT2D eigenvalue weighted by molar-refractivity contribution is 5.77. The minimum absolute atomic E-state index is 0.582. The third-order valence-corrected chi connectivity index (χ3v) is 2.98. The van der Waals surface area contributed by atoms with Gasteiger partial charge in [0.05, 0.1) is 11.7 Å². The highest BCUT2D eigenvalue weighted by atomic mass is 14.9. The lowest BCUT2D eigenvalue weighted by Crippen LogP contribution is -2.10. The van der Waals surface area contributed by atoms with Crippen LogP contribution in [-0.2, 0) is 7.05 Å². The molecule has 2 heteroatoms. The fourth-order valence-electron chi connectivity index (χ4n) is 2.02. The largest absolute Gasteiger partial charge is 0.350 e. The normalized spacial score (nSPS) is 19.2. The molecule has 0 bridgehead atoms. The van der Waals surface area contributed by atoms with Crippen LogP contribution in [0.25, 0.3) is 0 Å². The standard InChI is InChI=1S/C12H18N2/c1-14-9-5-8-12(14)10-13-11-6-3-2-4-7-11/h5,8-11H,2-4,6-7H2,1H3. The molecule has 1 aliphatic carbocycles. The number of hydrogen-bond acceptors (Lipinski definition) is 1. The fraction of sp³-hybridized carbons (Fsp3) is 0.583. The van der Waals surface area contributed by atoms with Crippen LogP contribution in [0.3, 0.4) is 0 Å². The van der Waals surface area contributed by atoms with Crippen LogP contribution in [0, 0.1) is 0 Å². The molecule has 0 unspecified atom stereocenters. The first-order valence-corrected chi connectivity index (χ1v) is 5.51. The minimum Gasteiger partial charge on any atom is -0.350 e. The first kappa shape index (κ1) is 9.50. The van der Waals surface area contributed by atoms with Crippen molar-refractivity contribution in [3.63, 3.8) is 0 Å². The number of nitrogens with zero attached hydrogens (tertiary/aromatic N) is 2. The van der Waals surface area contributed by atoms with E-state index in [-0.39, 0.29) is 0 Å². The molecule has 0 spiro atoms. The van der Waals surface area contributed by atoms with E-state index in [1.165, 1.54) is 37.8 Å². The molecule has 2 nitrogen and oxygen atoms in total. The van der Waals surface area contributed by atoms with E-state index in [1.54, 1.807) is 0 Å². The van der Waals surface area contributed by atoms with Crippen molar-refractivity contribution in [2.75, 3.05) is 0 Å². The maximum Gasteiger partial charge on any atom is 0.0585 e. The topological polar surface area (TPSA) is 17.3 Å². The molecule has 0 saturated heterocycles. The van der Waals surface area contributed by atoms with Gasteiger partial charge in [0.25, 0.3) is 0 Å². The van der Waals surface area contributed by atoms with Crippen LogP contribution in [0.5, 0.6) is 0 Å². The van der Waals surface area contributed by atoms with E-state index in [9.17, 15) is 0 Å². The van der Waals surface area contributed by atoms with Gasteiger partial charge in [-0.2, -0.15) is 0 Å². The Morgan fingerprint density at radius 3 is 2.79 bits per heavy atom. The summed E-state index contributed by atoms with van der Waals surface area (Å²) in [4.78, 5) is 4.64. The first-order valence-electron chi connectivity index (χ1n) is 5.51. The van der Waals surface area contributed by atoms with E-state index in [1.807, 2.05) is 6.21 Å². The van der Waals surface area contributed by atoms with E-state index in [4.69, 9.17) is 0 Å². The lowest BCUT2D eigenvalue weighted by atomic mass is 9.96. The summed E-state index contributed by atoms with van der Waals surface area (Å²) in [6, 6.07) is 4.74. The van der Waals surface area contributed by atoms with E-state index >= 15 is 0 Å². The van der Waals surface area contributed by atoms with Gasteiger partial charge in [-0.3, -0.25) is 4.99 Å². The zero-order chi connectivity index (χ0) is 9.80. The fourth-order valence-corrected chi connectivity index (χ4v) is 2.02. The molecule has 76 valence electrons. The number of aliphatic imine (C=N–C) groups is 1. The van der Waals surface area contributed by atoms with Gasteiger partial charge >= 0.3 is 0 Å². The zero-order valence-corrected chi connectivity index (χ0v) is 8.82. The molecule has 1 aromatic heterocycles. The van der Waals surface area contributed by atoms with Crippen LogP contribution in [0.1, 0.15) is 37.8 Å². The molecule has 2 rings (SSSR count). The van der Waals surface area contributed by atoms with Crippen LogP contribution in [0.15, 0.2) is 23.3 Å². The minimum atomic E-state index is 0.582. The Kier molecular flexibility index (Phi) is 3.02. The molecule has 0 radical (unpaired) electrons. The molecule has 0 aromatic carbocycles. The quantitative estimate of drug-likeness (QED) is 0.638. The van der Waals surface area contributed by atoms with Crippen LogP contribution in [0.4, 0.5) is 0 Å². The lowest BCUT2D eigenvalue weighted by Gasteiger charge is -2.17. The van der Waals surface area contributed by atoms with Gasteiger partial charge in [-0.1, -0.05) is 19.3 Å². The molecular formula is C12H18N2.